The minimum Gasteiger partial charge on any atom is -0.489 e. The number of rotatable bonds is 9. The van der Waals surface area contributed by atoms with E-state index in [0.29, 0.717) is 42.8 Å². The summed E-state index contributed by atoms with van der Waals surface area (Å²) in [5.41, 5.74) is 2.47. The van der Waals surface area contributed by atoms with Crippen LogP contribution < -0.4 is 10.1 Å². The van der Waals surface area contributed by atoms with Crippen LogP contribution in [0.3, 0.4) is 0 Å². The van der Waals surface area contributed by atoms with E-state index in [2.05, 4.69) is 20.4 Å². The highest BCUT2D eigenvalue weighted by atomic mass is 16.5. The Kier molecular flexibility index (Phi) is 6.69. The van der Waals surface area contributed by atoms with Crippen LogP contribution in [0.5, 0.6) is 5.75 Å². The minimum atomic E-state index is -0.163. The van der Waals surface area contributed by atoms with Gasteiger partial charge in [0.2, 0.25) is 17.6 Å². The molecule has 1 N–H and O–H groups in total. The van der Waals surface area contributed by atoms with Crippen LogP contribution in [0.25, 0.3) is 11.4 Å². The molecule has 3 rings (SSSR count). The molecule has 1 amide bonds. The number of ether oxygens (including phenoxy) is 2. The minimum absolute atomic E-state index is 0.163. The lowest BCUT2D eigenvalue weighted by molar-refractivity contribution is -0.116. The van der Waals surface area contributed by atoms with Crippen LogP contribution in [0.1, 0.15) is 17.9 Å². The Morgan fingerprint density at radius 2 is 2.00 bits per heavy atom. The first-order valence-corrected chi connectivity index (χ1v) is 8.91. The first-order chi connectivity index (χ1) is 13.7. The monoisotopic (exact) mass is 382 g/mol. The Morgan fingerprint density at radius 1 is 1.18 bits per heavy atom. The molecule has 0 atom stereocenters. The molecule has 8 heteroatoms. The van der Waals surface area contributed by atoms with Gasteiger partial charge >= 0.3 is 0 Å². The average molecular weight is 382 g/mol. The Labute approximate surface area is 162 Å². The largest absolute Gasteiger partial charge is 0.489 e. The van der Waals surface area contributed by atoms with Crippen molar-refractivity contribution in [2.75, 3.05) is 25.6 Å². The van der Waals surface area contributed by atoms with E-state index < -0.39 is 0 Å². The van der Waals surface area contributed by atoms with Gasteiger partial charge in [-0.05, 0) is 36.8 Å². The molecule has 0 bridgehead atoms. The SMILES string of the molecule is COCCOc1cc(C)ccc1NC(=O)CCc1nc(-c2ccncc2)no1. The second-order valence-electron chi connectivity index (χ2n) is 6.14. The molecule has 0 radical (unpaired) electrons. The molecule has 0 aliphatic rings. The Hall–Kier alpha value is -3.26. The molecule has 0 saturated heterocycles. The van der Waals surface area contributed by atoms with Gasteiger partial charge in [0, 0.05) is 37.9 Å². The summed E-state index contributed by atoms with van der Waals surface area (Å²) in [4.78, 5) is 20.6. The second kappa shape index (κ2) is 9.61. The highest BCUT2D eigenvalue weighted by molar-refractivity contribution is 5.92. The van der Waals surface area contributed by atoms with Gasteiger partial charge in [0.1, 0.15) is 12.4 Å². The normalized spacial score (nSPS) is 10.6. The molecular weight excluding hydrogens is 360 g/mol. The van der Waals surface area contributed by atoms with Gasteiger partial charge in [-0.2, -0.15) is 4.98 Å². The number of pyridine rings is 1. The lowest BCUT2D eigenvalue weighted by atomic mass is 10.2. The molecule has 0 saturated carbocycles. The number of benzene rings is 1. The Morgan fingerprint density at radius 3 is 2.79 bits per heavy atom. The molecular formula is C20H22N4O4. The molecule has 0 aliphatic heterocycles. The number of hydrogen-bond acceptors (Lipinski definition) is 7. The lowest BCUT2D eigenvalue weighted by Gasteiger charge is -2.13. The fourth-order valence-electron chi connectivity index (χ4n) is 2.50. The molecule has 8 nitrogen and oxygen atoms in total. The first-order valence-electron chi connectivity index (χ1n) is 8.91. The van der Waals surface area contributed by atoms with Crippen LogP contribution in [0.15, 0.2) is 47.2 Å². The summed E-state index contributed by atoms with van der Waals surface area (Å²) < 4.78 is 15.9. The predicted molar refractivity (Wildman–Crippen MR) is 103 cm³/mol. The lowest BCUT2D eigenvalue weighted by Crippen LogP contribution is -2.14. The van der Waals surface area contributed by atoms with Crippen molar-refractivity contribution in [3.05, 3.63) is 54.2 Å². The smallest absolute Gasteiger partial charge is 0.227 e. The molecule has 28 heavy (non-hydrogen) atoms. The number of carbonyl (C=O) groups is 1. The zero-order chi connectivity index (χ0) is 19.8. The molecule has 1 aromatic carbocycles. The average Bonchev–Trinajstić information content (AvgIpc) is 3.18. The topological polar surface area (TPSA) is 99.4 Å². The van der Waals surface area contributed by atoms with E-state index in [1.807, 2.05) is 25.1 Å². The number of amides is 1. The van der Waals surface area contributed by atoms with Crippen molar-refractivity contribution in [3.63, 3.8) is 0 Å². The fraction of sp³-hybridized carbons (Fsp3) is 0.300. The number of methoxy groups -OCH3 is 1. The van der Waals surface area contributed by atoms with Crippen LogP contribution in [-0.4, -0.2) is 41.4 Å². The molecule has 0 aliphatic carbocycles. The van der Waals surface area contributed by atoms with Gasteiger partial charge in [-0.15, -0.1) is 0 Å². The summed E-state index contributed by atoms with van der Waals surface area (Å²) in [6.45, 7) is 2.84. The number of carbonyl (C=O) groups excluding carboxylic acids is 1. The molecule has 146 valence electrons. The molecule has 3 aromatic rings. The van der Waals surface area contributed by atoms with E-state index in [9.17, 15) is 4.79 Å². The zero-order valence-electron chi connectivity index (χ0n) is 15.8. The molecule has 0 spiro atoms. The van der Waals surface area contributed by atoms with Crippen LogP contribution in [0.2, 0.25) is 0 Å². The van der Waals surface area contributed by atoms with Gasteiger partial charge in [0.05, 0.1) is 12.3 Å². The summed E-state index contributed by atoms with van der Waals surface area (Å²) in [6, 6.07) is 9.21. The zero-order valence-corrected chi connectivity index (χ0v) is 15.8. The van der Waals surface area contributed by atoms with Gasteiger partial charge < -0.3 is 19.3 Å². The molecule has 2 heterocycles. The number of hydrogen-bond donors (Lipinski definition) is 1. The number of nitrogens with one attached hydrogen (secondary N) is 1. The van der Waals surface area contributed by atoms with E-state index >= 15 is 0 Å². The van der Waals surface area contributed by atoms with Crippen LogP contribution >= 0.6 is 0 Å². The van der Waals surface area contributed by atoms with Gasteiger partial charge in [-0.1, -0.05) is 11.2 Å². The van der Waals surface area contributed by atoms with E-state index in [4.69, 9.17) is 14.0 Å². The highest BCUT2D eigenvalue weighted by Gasteiger charge is 2.12. The number of aromatic nitrogens is 3. The summed E-state index contributed by atoms with van der Waals surface area (Å²) >= 11 is 0. The number of aryl methyl sites for hydroxylation is 2. The summed E-state index contributed by atoms with van der Waals surface area (Å²) in [7, 11) is 1.61. The van der Waals surface area contributed by atoms with Crippen LogP contribution in [0, 0.1) is 6.92 Å². The van der Waals surface area contributed by atoms with Crippen molar-refractivity contribution in [1.82, 2.24) is 15.1 Å². The standard InChI is InChI=1S/C20H22N4O4/c1-14-3-4-16(17(13-14)27-12-11-26-2)22-18(25)5-6-19-23-20(24-28-19)15-7-9-21-10-8-15/h3-4,7-10,13H,5-6,11-12H2,1-2H3,(H,22,25). The molecule has 2 aromatic heterocycles. The predicted octanol–water partition coefficient (Wildman–Crippen LogP) is 3.04. The van der Waals surface area contributed by atoms with Gasteiger partial charge in [-0.25, -0.2) is 0 Å². The van der Waals surface area contributed by atoms with Crippen molar-refractivity contribution in [3.8, 4) is 17.1 Å². The third kappa shape index (κ3) is 5.37. The van der Waals surface area contributed by atoms with Crippen molar-refractivity contribution in [1.29, 1.82) is 0 Å². The van der Waals surface area contributed by atoms with Crippen molar-refractivity contribution in [2.24, 2.45) is 0 Å². The van der Waals surface area contributed by atoms with E-state index in [1.165, 1.54) is 0 Å². The maximum Gasteiger partial charge on any atom is 0.227 e. The number of nitrogens with zero attached hydrogens (tertiary/aromatic N) is 3. The quantitative estimate of drug-likeness (QED) is 0.568. The Balaban J connectivity index is 1.57. The first kappa shape index (κ1) is 19.5. The van der Waals surface area contributed by atoms with Gasteiger partial charge in [-0.3, -0.25) is 9.78 Å². The summed E-state index contributed by atoms with van der Waals surface area (Å²) in [6.07, 6.45) is 3.87. The van der Waals surface area contributed by atoms with Gasteiger partial charge in [0.25, 0.3) is 0 Å². The fourth-order valence-corrected chi connectivity index (χ4v) is 2.50. The van der Waals surface area contributed by atoms with E-state index in [-0.39, 0.29) is 12.3 Å². The molecule has 0 unspecified atom stereocenters. The number of anilines is 1. The van der Waals surface area contributed by atoms with E-state index in [0.717, 1.165) is 11.1 Å². The van der Waals surface area contributed by atoms with Crippen LogP contribution in [-0.2, 0) is 16.0 Å². The summed E-state index contributed by atoms with van der Waals surface area (Å²) in [5, 5.41) is 6.81. The van der Waals surface area contributed by atoms with Crippen LogP contribution in [0.4, 0.5) is 5.69 Å². The maximum absolute atomic E-state index is 12.3. The Bertz CT molecular complexity index is 912. The summed E-state index contributed by atoms with van der Waals surface area (Å²) in [5.74, 6) is 1.33. The van der Waals surface area contributed by atoms with Gasteiger partial charge in [0.15, 0.2) is 0 Å². The third-order valence-corrected chi connectivity index (χ3v) is 3.93. The van der Waals surface area contributed by atoms with Crippen molar-refractivity contribution in [2.45, 2.75) is 19.8 Å². The maximum atomic E-state index is 12.3. The van der Waals surface area contributed by atoms with Crippen molar-refractivity contribution >= 4 is 11.6 Å². The van der Waals surface area contributed by atoms with E-state index in [1.54, 1.807) is 31.6 Å². The highest BCUT2D eigenvalue weighted by Crippen LogP contribution is 2.26. The third-order valence-electron chi connectivity index (χ3n) is 3.93. The second-order valence-corrected chi connectivity index (χ2v) is 6.14. The van der Waals surface area contributed by atoms with Crippen molar-refractivity contribution < 1.29 is 18.8 Å². The molecule has 0 fully saturated rings.